The van der Waals surface area contributed by atoms with E-state index in [0.29, 0.717) is 0 Å². The number of ether oxygens (including phenoxy) is 2. The summed E-state index contributed by atoms with van der Waals surface area (Å²) in [7, 11) is 0. The number of hydrogen-bond donors (Lipinski definition) is 6. The van der Waals surface area contributed by atoms with Gasteiger partial charge in [0.1, 0.15) is 13.2 Å². The van der Waals surface area contributed by atoms with Gasteiger partial charge in [-0.15, -0.1) is 132 Å². The molecule has 10 heteroatoms. The van der Waals surface area contributed by atoms with Crippen molar-refractivity contribution in [2.24, 2.45) is 0 Å². The van der Waals surface area contributed by atoms with Crippen LogP contribution in [0, 0.1) is 0 Å². The van der Waals surface area contributed by atoms with Crippen LogP contribution in [0.4, 0.5) is 0 Å². The number of phenols is 6. The maximum atomic E-state index is 11.7. The minimum atomic E-state index is -0.952. The lowest BCUT2D eigenvalue weighted by molar-refractivity contribution is 0.0265. The third-order valence-electron chi connectivity index (χ3n) is 3.16. The van der Waals surface area contributed by atoms with Crippen molar-refractivity contribution < 1.29 is 49.7 Å². The van der Waals surface area contributed by atoms with Gasteiger partial charge in [-0.1, -0.05) is 0 Å². The van der Waals surface area contributed by atoms with Crippen LogP contribution in [0.2, 0.25) is 0 Å². The van der Waals surface area contributed by atoms with Gasteiger partial charge in [-0.3, -0.25) is 0 Å². The average molecular weight is 647 g/mol. The molecule has 0 fully saturated rings. The molecule has 0 aliphatic carbocycles. The monoisotopic (exact) mass is 646 g/mol. The number of carbonyl (C=O) groups excluding carboxylic acids is 2. The second-order valence-corrected chi connectivity index (χ2v) is 5.00. The minimum absolute atomic E-state index is 0.238. The summed E-state index contributed by atoms with van der Waals surface area (Å²) in [5.41, 5.74) is -0.477. The first kappa shape index (κ1) is 63.0. The zero-order valence-corrected chi connectivity index (χ0v) is 27.2. The lowest BCUT2D eigenvalue weighted by Gasteiger charge is -2.09. The molecule has 2 rings (SSSR count). The summed E-state index contributed by atoms with van der Waals surface area (Å²) in [4.78, 5) is 23.5. The molecule has 0 aliphatic rings. The smallest absolute Gasteiger partial charge is 0.338 e. The summed E-state index contributed by atoms with van der Waals surface area (Å²) >= 11 is 0. The van der Waals surface area contributed by atoms with E-state index in [-0.39, 0.29) is 24.3 Å². The highest BCUT2D eigenvalue weighted by atomic mass is 16.6. The van der Waals surface area contributed by atoms with Crippen molar-refractivity contribution in [2.45, 2.75) is 0 Å². The number of rotatable bonds is 5. The predicted molar refractivity (Wildman–Crippen MR) is 196 cm³/mol. The van der Waals surface area contributed by atoms with E-state index >= 15 is 0 Å². The van der Waals surface area contributed by atoms with Crippen molar-refractivity contribution in [1.82, 2.24) is 0 Å². The molecule has 0 atom stereocenters. The maximum absolute atomic E-state index is 11.7. The molecule has 6 N–H and O–H groups in total. The van der Waals surface area contributed by atoms with E-state index in [2.05, 4.69) is 132 Å². The topological polar surface area (TPSA) is 174 Å². The average Bonchev–Trinajstić information content (AvgIpc) is 3.15. The van der Waals surface area contributed by atoms with E-state index in [1.807, 2.05) is 0 Å². The molecular formula is C36H54O10. The Morgan fingerprint density at radius 3 is 0.696 bits per heavy atom. The number of aromatic hydroxyl groups is 6. The van der Waals surface area contributed by atoms with Crippen molar-refractivity contribution in [3.8, 4) is 34.5 Å². The van der Waals surface area contributed by atoms with Gasteiger partial charge in [0.05, 0.1) is 11.1 Å². The molecule has 0 aliphatic heterocycles. The van der Waals surface area contributed by atoms with Gasteiger partial charge in [0, 0.05) is 0 Å². The normalized spacial score (nSPS) is 6.70. The molecule has 2 aromatic carbocycles. The molecule has 0 amide bonds. The van der Waals surface area contributed by atoms with E-state index in [0.717, 1.165) is 24.3 Å². The van der Waals surface area contributed by atoms with Crippen molar-refractivity contribution in [2.75, 3.05) is 13.2 Å². The molecule has 0 spiro atoms. The van der Waals surface area contributed by atoms with Crippen LogP contribution in [-0.4, -0.2) is 55.8 Å². The highest BCUT2D eigenvalue weighted by molar-refractivity contribution is 5.92. The molecular weight excluding hydrogens is 592 g/mol. The summed E-state index contributed by atoms with van der Waals surface area (Å²) in [6.07, 6.45) is 0. The second-order valence-electron chi connectivity index (χ2n) is 5.00. The standard InChI is InChI=1S/C16H14O10.10C2H4/c17-9-3-7(4-10(18)13(9)21)15(23)25-1-2-26-16(24)8-5-11(19)14(22)12(20)6-8;10*1-2/h3-6,17-22H,1-2H2;10*1-2H2. The van der Waals surface area contributed by atoms with Crippen LogP contribution in [-0.2, 0) is 9.47 Å². The molecule has 0 unspecified atom stereocenters. The molecule has 0 bridgehead atoms. The summed E-state index contributed by atoms with van der Waals surface area (Å²) in [6.45, 7) is 59.3. The fourth-order valence-corrected chi connectivity index (χ4v) is 1.88. The number of benzene rings is 2. The fraction of sp³-hybridized carbons (Fsp3) is 0.0556. The van der Waals surface area contributed by atoms with Gasteiger partial charge in [0.25, 0.3) is 0 Å². The van der Waals surface area contributed by atoms with Crippen LogP contribution < -0.4 is 0 Å². The Balaban J connectivity index is -0.0000000834. The van der Waals surface area contributed by atoms with Crippen LogP contribution in [0.1, 0.15) is 20.7 Å². The van der Waals surface area contributed by atoms with E-state index in [9.17, 15) is 40.2 Å². The highest BCUT2D eigenvalue weighted by Gasteiger charge is 2.16. The van der Waals surface area contributed by atoms with Crippen LogP contribution >= 0.6 is 0 Å². The molecule has 46 heavy (non-hydrogen) atoms. The van der Waals surface area contributed by atoms with Crippen molar-refractivity contribution in [3.05, 3.63) is 167 Å². The quantitative estimate of drug-likeness (QED) is 0.0796. The Morgan fingerprint density at radius 2 is 0.543 bits per heavy atom. The van der Waals surface area contributed by atoms with Gasteiger partial charge in [-0.2, -0.15) is 0 Å². The van der Waals surface area contributed by atoms with Crippen LogP contribution in [0.3, 0.4) is 0 Å². The summed E-state index contributed by atoms with van der Waals surface area (Å²) < 4.78 is 9.54. The first-order chi connectivity index (χ1) is 22.2. The molecule has 258 valence electrons. The van der Waals surface area contributed by atoms with Crippen molar-refractivity contribution in [3.63, 3.8) is 0 Å². The first-order valence-corrected chi connectivity index (χ1v) is 12.0. The Bertz CT molecular complexity index is 871. The Kier molecular flexibility index (Phi) is 74.8. The second kappa shape index (κ2) is 54.6. The summed E-state index contributed by atoms with van der Waals surface area (Å²) in [6, 6.07) is 3.52. The molecule has 10 nitrogen and oxygen atoms in total. The van der Waals surface area contributed by atoms with E-state index in [1.165, 1.54) is 0 Å². The third-order valence-corrected chi connectivity index (χ3v) is 3.16. The molecule has 0 saturated heterocycles. The van der Waals surface area contributed by atoms with Gasteiger partial charge < -0.3 is 40.1 Å². The van der Waals surface area contributed by atoms with Crippen LogP contribution in [0.15, 0.2) is 156 Å². The molecule has 0 radical (unpaired) electrons. The summed E-state index contributed by atoms with van der Waals surface area (Å²) in [5, 5.41) is 55.7. The number of hydrogen-bond acceptors (Lipinski definition) is 10. The SMILES string of the molecule is C=C.C=C.C=C.C=C.C=C.C=C.C=C.C=C.C=C.C=C.O=C(OCCOC(=O)c1cc(O)c(O)c(O)c1)c1cc(O)c(O)c(O)c1. The molecule has 2 aromatic rings. The molecule has 0 aromatic heterocycles. The van der Waals surface area contributed by atoms with E-state index < -0.39 is 46.4 Å². The molecule has 0 heterocycles. The number of carbonyl (C=O) groups is 2. The van der Waals surface area contributed by atoms with Crippen LogP contribution in [0.25, 0.3) is 0 Å². The predicted octanol–water partition coefficient (Wildman–Crippen LogP) is 8.96. The maximum Gasteiger partial charge on any atom is 0.338 e. The van der Waals surface area contributed by atoms with Gasteiger partial charge >= 0.3 is 11.9 Å². The Hall–Kier alpha value is -6.42. The van der Waals surface area contributed by atoms with Gasteiger partial charge in [0.15, 0.2) is 34.5 Å². The Morgan fingerprint density at radius 1 is 0.391 bits per heavy atom. The van der Waals surface area contributed by atoms with Crippen LogP contribution in [0.5, 0.6) is 34.5 Å². The van der Waals surface area contributed by atoms with Gasteiger partial charge in [-0.25, -0.2) is 9.59 Å². The Labute approximate surface area is 276 Å². The largest absolute Gasteiger partial charge is 0.504 e. The van der Waals surface area contributed by atoms with E-state index in [4.69, 9.17) is 9.47 Å². The zero-order valence-electron chi connectivity index (χ0n) is 27.2. The van der Waals surface area contributed by atoms with E-state index in [1.54, 1.807) is 0 Å². The molecule has 0 saturated carbocycles. The fourth-order valence-electron chi connectivity index (χ4n) is 1.88. The first-order valence-electron chi connectivity index (χ1n) is 12.0. The van der Waals surface area contributed by atoms with Crippen molar-refractivity contribution in [1.29, 1.82) is 0 Å². The minimum Gasteiger partial charge on any atom is -0.504 e. The third kappa shape index (κ3) is 30.5. The zero-order chi connectivity index (χ0) is 39.4. The number of esters is 2. The van der Waals surface area contributed by atoms with Gasteiger partial charge in [-0.05, 0) is 24.3 Å². The lowest BCUT2D eigenvalue weighted by Crippen LogP contribution is -2.14. The van der Waals surface area contributed by atoms with Crippen molar-refractivity contribution >= 4 is 11.9 Å². The van der Waals surface area contributed by atoms with Gasteiger partial charge in [0.2, 0.25) is 0 Å². The lowest BCUT2D eigenvalue weighted by atomic mass is 10.2. The summed E-state index contributed by atoms with van der Waals surface area (Å²) in [5.74, 6) is -6.32. The highest BCUT2D eigenvalue weighted by Crippen LogP contribution is 2.36. The number of phenolic OH excluding ortho intramolecular Hbond substituents is 6.